The monoisotopic (exact) mass is 200 g/mol. The van der Waals surface area contributed by atoms with E-state index < -0.39 is 9.84 Å². The van der Waals surface area contributed by atoms with E-state index in [1.165, 1.54) is 13.4 Å². The summed E-state index contributed by atoms with van der Waals surface area (Å²) in [6, 6.07) is 7.11. The summed E-state index contributed by atoms with van der Waals surface area (Å²) in [7, 11) is -1.46. The fourth-order valence-corrected chi connectivity index (χ4v) is 1.91. The van der Waals surface area contributed by atoms with Crippen molar-refractivity contribution in [2.75, 3.05) is 13.4 Å². The number of sulfone groups is 1. The number of rotatable bonds is 3. The summed E-state index contributed by atoms with van der Waals surface area (Å²) in [6.45, 7) is 0. The molecule has 13 heavy (non-hydrogen) atoms. The maximum Gasteiger partial charge on any atom is 0.151 e. The van der Waals surface area contributed by atoms with Crippen molar-refractivity contribution < 1.29 is 13.2 Å². The minimum atomic E-state index is -2.99. The van der Waals surface area contributed by atoms with E-state index in [9.17, 15) is 8.42 Å². The summed E-state index contributed by atoms with van der Waals surface area (Å²) in [5.41, 5.74) is 0.701. The number of benzene rings is 1. The van der Waals surface area contributed by atoms with E-state index in [4.69, 9.17) is 4.74 Å². The summed E-state index contributed by atoms with van der Waals surface area (Å²) in [5, 5.41) is 0. The van der Waals surface area contributed by atoms with E-state index in [1.54, 1.807) is 18.2 Å². The van der Waals surface area contributed by atoms with Crippen molar-refractivity contribution in [2.45, 2.75) is 5.75 Å². The van der Waals surface area contributed by atoms with Gasteiger partial charge in [0.1, 0.15) is 5.75 Å². The van der Waals surface area contributed by atoms with Gasteiger partial charge in [-0.2, -0.15) is 0 Å². The summed E-state index contributed by atoms with van der Waals surface area (Å²) in [5.74, 6) is 0.643. The van der Waals surface area contributed by atoms with Gasteiger partial charge in [-0.1, -0.05) is 18.2 Å². The number of ether oxygens (including phenoxy) is 1. The Morgan fingerprint density at radius 3 is 2.46 bits per heavy atom. The van der Waals surface area contributed by atoms with Crippen LogP contribution in [0.5, 0.6) is 5.75 Å². The lowest BCUT2D eigenvalue weighted by atomic mass is 10.2. The van der Waals surface area contributed by atoms with E-state index >= 15 is 0 Å². The molecule has 0 fully saturated rings. The first-order valence-corrected chi connectivity index (χ1v) is 5.88. The summed E-state index contributed by atoms with van der Waals surface area (Å²) in [6.07, 6.45) is 1.21. The highest BCUT2D eigenvalue weighted by atomic mass is 32.2. The van der Waals surface area contributed by atoms with E-state index in [0.717, 1.165) is 0 Å². The smallest absolute Gasteiger partial charge is 0.151 e. The Morgan fingerprint density at radius 1 is 1.31 bits per heavy atom. The van der Waals surface area contributed by atoms with Gasteiger partial charge in [0.25, 0.3) is 0 Å². The first kappa shape index (κ1) is 10.1. The number of methoxy groups -OCH3 is 1. The molecular formula is C9H12O3S. The largest absolute Gasteiger partial charge is 0.496 e. The maximum absolute atomic E-state index is 11.0. The van der Waals surface area contributed by atoms with Gasteiger partial charge in [-0.05, 0) is 6.07 Å². The Morgan fingerprint density at radius 2 is 1.92 bits per heavy atom. The topological polar surface area (TPSA) is 43.4 Å². The quantitative estimate of drug-likeness (QED) is 0.737. The number of hydrogen-bond donors (Lipinski definition) is 0. The molecule has 1 aromatic rings. The Bertz CT molecular complexity index is 382. The van der Waals surface area contributed by atoms with Crippen molar-refractivity contribution in [3.05, 3.63) is 29.8 Å². The first-order chi connectivity index (χ1) is 6.03. The fraction of sp³-hybridized carbons (Fsp3) is 0.333. The third-order valence-corrected chi connectivity index (χ3v) is 2.45. The highest BCUT2D eigenvalue weighted by molar-refractivity contribution is 7.89. The first-order valence-electron chi connectivity index (χ1n) is 3.82. The maximum atomic E-state index is 11.0. The van der Waals surface area contributed by atoms with Crippen LogP contribution in [0, 0.1) is 0 Å². The molecule has 3 nitrogen and oxygen atoms in total. The molecule has 0 bridgehead atoms. The Hall–Kier alpha value is -1.03. The molecule has 0 heterocycles. The molecule has 0 saturated carbocycles. The molecule has 0 aliphatic rings. The fourth-order valence-electron chi connectivity index (χ4n) is 1.10. The molecule has 0 saturated heterocycles. The standard InChI is InChI=1S/C9H12O3S/c1-12-9-6-4-3-5-8(9)7-13(2,10)11/h3-6H,7H2,1-2H3. The minimum Gasteiger partial charge on any atom is -0.496 e. The zero-order valence-electron chi connectivity index (χ0n) is 7.65. The molecule has 0 N–H and O–H groups in total. The van der Waals surface area contributed by atoms with Crippen LogP contribution in [-0.2, 0) is 15.6 Å². The van der Waals surface area contributed by atoms with Crippen molar-refractivity contribution in [2.24, 2.45) is 0 Å². The van der Waals surface area contributed by atoms with Gasteiger partial charge in [-0.25, -0.2) is 8.42 Å². The van der Waals surface area contributed by atoms with Gasteiger partial charge >= 0.3 is 0 Å². The van der Waals surface area contributed by atoms with Gasteiger partial charge in [0.15, 0.2) is 9.84 Å². The molecule has 0 aliphatic carbocycles. The van der Waals surface area contributed by atoms with Gasteiger partial charge in [-0.15, -0.1) is 0 Å². The van der Waals surface area contributed by atoms with Gasteiger partial charge in [-0.3, -0.25) is 0 Å². The summed E-state index contributed by atoms with van der Waals surface area (Å²) < 4.78 is 27.1. The van der Waals surface area contributed by atoms with Crippen LogP contribution < -0.4 is 4.74 Å². The van der Waals surface area contributed by atoms with E-state index in [2.05, 4.69) is 0 Å². The van der Waals surface area contributed by atoms with Crippen LogP contribution in [0.3, 0.4) is 0 Å². The lowest BCUT2D eigenvalue weighted by molar-refractivity contribution is 0.411. The second kappa shape index (κ2) is 3.79. The Labute approximate surface area is 78.3 Å². The molecule has 0 unspecified atom stereocenters. The highest BCUT2D eigenvalue weighted by Gasteiger charge is 2.08. The SMILES string of the molecule is COc1ccccc1CS(C)(=O)=O. The van der Waals surface area contributed by atoms with E-state index in [1.807, 2.05) is 6.07 Å². The zero-order chi connectivity index (χ0) is 9.90. The molecule has 0 aromatic heterocycles. The molecule has 4 heteroatoms. The van der Waals surface area contributed by atoms with Crippen LogP contribution in [0.15, 0.2) is 24.3 Å². The lowest BCUT2D eigenvalue weighted by Crippen LogP contribution is -2.02. The van der Waals surface area contributed by atoms with E-state index in [0.29, 0.717) is 11.3 Å². The van der Waals surface area contributed by atoms with Crippen molar-refractivity contribution in [3.8, 4) is 5.75 Å². The van der Waals surface area contributed by atoms with Gasteiger partial charge in [0.2, 0.25) is 0 Å². The summed E-state index contributed by atoms with van der Waals surface area (Å²) >= 11 is 0. The van der Waals surface area contributed by atoms with Crippen molar-refractivity contribution in [3.63, 3.8) is 0 Å². The molecule has 0 atom stereocenters. The molecule has 1 aromatic carbocycles. The molecular weight excluding hydrogens is 188 g/mol. The van der Waals surface area contributed by atoms with Crippen LogP contribution >= 0.6 is 0 Å². The van der Waals surface area contributed by atoms with Crippen molar-refractivity contribution in [1.29, 1.82) is 0 Å². The van der Waals surface area contributed by atoms with Crippen LogP contribution in [0.1, 0.15) is 5.56 Å². The van der Waals surface area contributed by atoms with Crippen LogP contribution in [0.25, 0.3) is 0 Å². The molecule has 0 spiro atoms. The minimum absolute atomic E-state index is 0.0248. The van der Waals surface area contributed by atoms with Gasteiger partial charge in [0.05, 0.1) is 12.9 Å². The normalized spacial score (nSPS) is 11.2. The van der Waals surface area contributed by atoms with Crippen molar-refractivity contribution >= 4 is 9.84 Å². The second-order valence-electron chi connectivity index (χ2n) is 2.88. The predicted molar refractivity (Wildman–Crippen MR) is 51.5 cm³/mol. The van der Waals surface area contributed by atoms with Gasteiger partial charge in [0, 0.05) is 11.8 Å². The average molecular weight is 200 g/mol. The predicted octanol–water partition coefficient (Wildman–Crippen LogP) is 1.24. The number of hydrogen-bond acceptors (Lipinski definition) is 3. The van der Waals surface area contributed by atoms with E-state index in [-0.39, 0.29) is 5.75 Å². The molecule has 72 valence electrons. The second-order valence-corrected chi connectivity index (χ2v) is 5.02. The van der Waals surface area contributed by atoms with Crippen LogP contribution in [0.4, 0.5) is 0 Å². The van der Waals surface area contributed by atoms with Gasteiger partial charge < -0.3 is 4.74 Å². The average Bonchev–Trinajstić information content (AvgIpc) is 2.02. The third kappa shape index (κ3) is 3.06. The lowest BCUT2D eigenvalue weighted by Gasteiger charge is -2.05. The molecule has 0 aliphatic heterocycles. The molecule has 0 amide bonds. The van der Waals surface area contributed by atoms with Crippen LogP contribution in [0.2, 0.25) is 0 Å². The van der Waals surface area contributed by atoms with Crippen molar-refractivity contribution in [1.82, 2.24) is 0 Å². The third-order valence-electron chi connectivity index (χ3n) is 1.61. The zero-order valence-corrected chi connectivity index (χ0v) is 8.47. The summed E-state index contributed by atoms with van der Waals surface area (Å²) in [4.78, 5) is 0. The Balaban J connectivity index is 3.01. The van der Waals surface area contributed by atoms with Crippen LogP contribution in [-0.4, -0.2) is 21.8 Å². The molecule has 1 rings (SSSR count). The molecule has 0 radical (unpaired) electrons. The number of para-hydroxylation sites is 1. The Kier molecular flexibility index (Phi) is 2.93. The highest BCUT2D eigenvalue weighted by Crippen LogP contribution is 2.19.